The van der Waals surface area contributed by atoms with Crippen LogP contribution in [-0.4, -0.2) is 42.1 Å². The maximum atomic E-state index is 12.2. The standard InChI is InChI=1S/C17H20N6O2/c1-3-23-16(19-11-21-23)12-4-6-13(7-5-12)17(25)18-10-15(24)14-8-9-20-22(14)2/h4-9,11,15,24H,3,10H2,1-2H3,(H,18,25). The Morgan fingerprint density at radius 1 is 1.24 bits per heavy atom. The van der Waals surface area contributed by atoms with Gasteiger partial charge in [0.15, 0.2) is 5.82 Å². The van der Waals surface area contributed by atoms with E-state index in [2.05, 4.69) is 20.5 Å². The van der Waals surface area contributed by atoms with Crippen LogP contribution >= 0.6 is 0 Å². The summed E-state index contributed by atoms with van der Waals surface area (Å²) in [7, 11) is 1.74. The molecule has 0 aliphatic rings. The summed E-state index contributed by atoms with van der Waals surface area (Å²) in [4.78, 5) is 16.5. The molecule has 8 heteroatoms. The second-order valence-corrected chi connectivity index (χ2v) is 5.58. The molecule has 1 aromatic carbocycles. The van der Waals surface area contributed by atoms with Crippen molar-refractivity contribution in [1.82, 2.24) is 29.9 Å². The molecule has 2 aromatic heterocycles. The monoisotopic (exact) mass is 340 g/mol. The highest BCUT2D eigenvalue weighted by Gasteiger charge is 2.14. The van der Waals surface area contributed by atoms with Crippen molar-refractivity contribution in [3.05, 3.63) is 54.1 Å². The van der Waals surface area contributed by atoms with Crippen LogP contribution < -0.4 is 5.32 Å². The second-order valence-electron chi connectivity index (χ2n) is 5.58. The summed E-state index contributed by atoms with van der Waals surface area (Å²) >= 11 is 0. The molecule has 2 heterocycles. The maximum absolute atomic E-state index is 12.2. The van der Waals surface area contributed by atoms with Gasteiger partial charge in [-0.3, -0.25) is 9.48 Å². The fourth-order valence-electron chi connectivity index (χ4n) is 2.60. The highest BCUT2D eigenvalue weighted by Crippen LogP contribution is 2.17. The van der Waals surface area contributed by atoms with Gasteiger partial charge in [0.2, 0.25) is 0 Å². The van der Waals surface area contributed by atoms with Crippen LogP contribution in [0.4, 0.5) is 0 Å². The molecule has 1 unspecified atom stereocenters. The fourth-order valence-corrected chi connectivity index (χ4v) is 2.60. The van der Waals surface area contributed by atoms with Crippen LogP contribution in [0.3, 0.4) is 0 Å². The molecule has 2 N–H and O–H groups in total. The van der Waals surface area contributed by atoms with Crippen LogP contribution in [0.2, 0.25) is 0 Å². The molecular weight excluding hydrogens is 320 g/mol. The van der Waals surface area contributed by atoms with Crippen molar-refractivity contribution < 1.29 is 9.90 Å². The Kier molecular flexibility index (Phi) is 4.90. The number of nitrogens with zero attached hydrogens (tertiary/aromatic N) is 5. The number of aliphatic hydroxyl groups is 1. The number of aryl methyl sites for hydroxylation is 2. The minimum Gasteiger partial charge on any atom is -0.385 e. The van der Waals surface area contributed by atoms with E-state index in [1.165, 1.54) is 6.33 Å². The van der Waals surface area contributed by atoms with Crippen LogP contribution in [-0.2, 0) is 13.6 Å². The molecular formula is C17H20N6O2. The molecule has 0 bridgehead atoms. The zero-order valence-corrected chi connectivity index (χ0v) is 14.1. The topological polar surface area (TPSA) is 97.9 Å². The van der Waals surface area contributed by atoms with Crippen molar-refractivity contribution in [3.8, 4) is 11.4 Å². The quantitative estimate of drug-likeness (QED) is 0.702. The summed E-state index contributed by atoms with van der Waals surface area (Å²) in [6, 6.07) is 8.85. The Morgan fingerprint density at radius 2 is 2.00 bits per heavy atom. The number of hydrogen-bond donors (Lipinski definition) is 2. The van der Waals surface area contributed by atoms with E-state index in [1.54, 1.807) is 40.8 Å². The van der Waals surface area contributed by atoms with Crippen molar-refractivity contribution in [3.63, 3.8) is 0 Å². The van der Waals surface area contributed by atoms with Gasteiger partial charge >= 0.3 is 0 Å². The van der Waals surface area contributed by atoms with Gasteiger partial charge in [0, 0.05) is 37.5 Å². The lowest BCUT2D eigenvalue weighted by Gasteiger charge is -2.12. The first kappa shape index (κ1) is 16.8. The number of rotatable bonds is 6. The minimum absolute atomic E-state index is 0.115. The van der Waals surface area contributed by atoms with Crippen molar-refractivity contribution in [1.29, 1.82) is 0 Å². The van der Waals surface area contributed by atoms with E-state index < -0.39 is 6.10 Å². The number of aromatic nitrogens is 5. The van der Waals surface area contributed by atoms with Gasteiger partial charge in [0.25, 0.3) is 5.91 Å². The minimum atomic E-state index is -0.807. The molecule has 0 aliphatic heterocycles. The third-order valence-corrected chi connectivity index (χ3v) is 3.98. The predicted molar refractivity (Wildman–Crippen MR) is 91.6 cm³/mol. The van der Waals surface area contributed by atoms with Crippen LogP contribution in [0, 0.1) is 0 Å². The van der Waals surface area contributed by atoms with E-state index in [1.807, 2.05) is 19.1 Å². The number of carbonyl (C=O) groups excluding carboxylic acids is 1. The van der Waals surface area contributed by atoms with Gasteiger partial charge < -0.3 is 10.4 Å². The molecule has 1 atom stereocenters. The molecule has 0 saturated carbocycles. The number of hydrogen-bond acceptors (Lipinski definition) is 5. The van der Waals surface area contributed by atoms with Crippen LogP contribution in [0.5, 0.6) is 0 Å². The highest BCUT2D eigenvalue weighted by molar-refractivity contribution is 5.94. The Morgan fingerprint density at radius 3 is 2.64 bits per heavy atom. The van der Waals surface area contributed by atoms with E-state index in [0.717, 1.165) is 17.9 Å². The summed E-state index contributed by atoms with van der Waals surface area (Å²) in [5, 5.41) is 21.0. The lowest BCUT2D eigenvalue weighted by atomic mass is 10.1. The predicted octanol–water partition coefficient (Wildman–Crippen LogP) is 1.16. The second kappa shape index (κ2) is 7.27. The summed E-state index contributed by atoms with van der Waals surface area (Å²) in [5.41, 5.74) is 2.06. The average Bonchev–Trinajstić information content (AvgIpc) is 3.28. The molecule has 1 amide bonds. The van der Waals surface area contributed by atoms with Gasteiger partial charge in [0.05, 0.1) is 5.69 Å². The van der Waals surface area contributed by atoms with Gasteiger partial charge in [-0.1, -0.05) is 12.1 Å². The van der Waals surface area contributed by atoms with Gasteiger partial charge in [-0.15, -0.1) is 0 Å². The fraction of sp³-hybridized carbons (Fsp3) is 0.294. The maximum Gasteiger partial charge on any atom is 0.251 e. The van der Waals surface area contributed by atoms with Gasteiger partial charge in [-0.05, 0) is 25.1 Å². The number of carbonyl (C=O) groups is 1. The van der Waals surface area contributed by atoms with Crippen molar-refractivity contribution in [2.24, 2.45) is 7.05 Å². The molecule has 25 heavy (non-hydrogen) atoms. The van der Waals surface area contributed by atoms with E-state index in [4.69, 9.17) is 0 Å². The zero-order chi connectivity index (χ0) is 17.8. The molecule has 8 nitrogen and oxygen atoms in total. The van der Waals surface area contributed by atoms with Crippen molar-refractivity contribution in [2.45, 2.75) is 19.6 Å². The lowest BCUT2D eigenvalue weighted by molar-refractivity contribution is 0.0911. The summed E-state index contributed by atoms with van der Waals surface area (Å²) in [6.07, 6.45) is 2.31. The molecule has 0 radical (unpaired) electrons. The Hall–Kier alpha value is -3.00. The lowest BCUT2D eigenvalue weighted by Crippen LogP contribution is -2.29. The Labute approximate surface area is 145 Å². The Balaban J connectivity index is 1.64. The van der Waals surface area contributed by atoms with Gasteiger partial charge in [-0.25, -0.2) is 9.67 Å². The smallest absolute Gasteiger partial charge is 0.251 e. The first-order valence-corrected chi connectivity index (χ1v) is 8.02. The number of amides is 1. The molecule has 130 valence electrons. The summed E-state index contributed by atoms with van der Waals surface area (Å²) < 4.78 is 3.37. The van der Waals surface area contributed by atoms with E-state index in [0.29, 0.717) is 11.3 Å². The molecule has 0 saturated heterocycles. The van der Waals surface area contributed by atoms with Crippen molar-refractivity contribution in [2.75, 3.05) is 6.54 Å². The van der Waals surface area contributed by atoms with Gasteiger partial charge in [-0.2, -0.15) is 10.2 Å². The average molecular weight is 340 g/mol. The molecule has 3 rings (SSSR count). The third kappa shape index (κ3) is 3.58. The summed E-state index contributed by atoms with van der Waals surface area (Å²) in [6.45, 7) is 2.83. The third-order valence-electron chi connectivity index (χ3n) is 3.98. The molecule has 3 aromatic rings. The number of benzene rings is 1. The van der Waals surface area contributed by atoms with Crippen LogP contribution in [0.1, 0.15) is 29.1 Å². The number of aliphatic hydroxyl groups excluding tert-OH is 1. The highest BCUT2D eigenvalue weighted by atomic mass is 16.3. The van der Waals surface area contributed by atoms with E-state index >= 15 is 0 Å². The zero-order valence-electron chi connectivity index (χ0n) is 14.1. The van der Waals surface area contributed by atoms with E-state index in [-0.39, 0.29) is 12.5 Å². The van der Waals surface area contributed by atoms with Crippen LogP contribution in [0.15, 0.2) is 42.9 Å². The SMILES string of the molecule is CCn1ncnc1-c1ccc(C(=O)NCC(O)c2ccnn2C)cc1. The largest absolute Gasteiger partial charge is 0.385 e. The summed E-state index contributed by atoms with van der Waals surface area (Å²) in [5.74, 6) is 0.519. The molecule has 0 spiro atoms. The molecule has 0 aliphatic carbocycles. The normalized spacial score (nSPS) is 12.1. The van der Waals surface area contributed by atoms with Crippen LogP contribution in [0.25, 0.3) is 11.4 Å². The van der Waals surface area contributed by atoms with Crippen molar-refractivity contribution >= 4 is 5.91 Å². The Bertz CT molecular complexity index is 852. The van der Waals surface area contributed by atoms with E-state index in [9.17, 15) is 9.90 Å². The number of nitrogens with one attached hydrogen (secondary N) is 1. The molecule has 0 fully saturated rings. The first-order chi connectivity index (χ1) is 12.1. The first-order valence-electron chi connectivity index (χ1n) is 8.02. The van der Waals surface area contributed by atoms with Gasteiger partial charge in [0.1, 0.15) is 12.4 Å².